The highest BCUT2D eigenvalue weighted by Gasteiger charge is 2.48. The van der Waals surface area contributed by atoms with Crippen molar-refractivity contribution in [3.63, 3.8) is 0 Å². The summed E-state index contributed by atoms with van der Waals surface area (Å²) in [5, 5.41) is 2.32. The van der Waals surface area contributed by atoms with Crippen LogP contribution in [0.25, 0.3) is 0 Å². The summed E-state index contributed by atoms with van der Waals surface area (Å²) in [6, 6.07) is 0. The molecule has 0 saturated carbocycles. The Balaban J connectivity index is 5.19. The molecule has 0 fully saturated rings. The molecule has 0 saturated heterocycles. The molecule has 0 unspecified atom stereocenters. The molecular formula is C11H19NO5. The van der Waals surface area contributed by atoms with Crippen molar-refractivity contribution < 1.29 is 23.9 Å². The monoisotopic (exact) mass is 245 g/mol. The molecule has 0 spiro atoms. The van der Waals surface area contributed by atoms with Crippen molar-refractivity contribution in [1.29, 1.82) is 0 Å². The van der Waals surface area contributed by atoms with E-state index in [9.17, 15) is 14.4 Å². The summed E-state index contributed by atoms with van der Waals surface area (Å²) in [6.07, 6.45) is 0.0737. The van der Waals surface area contributed by atoms with Crippen LogP contribution < -0.4 is 5.32 Å². The fourth-order valence-electron chi connectivity index (χ4n) is 1.37. The second kappa shape index (κ2) is 6.88. The van der Waals surface area contributed by atoms with Gasteiger partial charge in [0.15, 0.2) is 0 Å². The number of carbonyl (C=O) groups excluding carboxylic acids is 3. The van der Waals surface area contributed by atoms with Gasteiger partial charge in [-0.2, -0.15) is 0 Å². The van der Waals surface area contributed by atoms with Gasteiger partial charge in [0.2, 0.25) is 11.4 Å². The molecule has 6 heteroatoms. The Labute approximate surface area is 101 Å². The normalized spacial score (nSPS) is 10.6. The first-order chi connectivity index (χ1) is 7.94. The lowest BCUT2D eigenvalue weighted by atomic mass is 9.96. The lowest BCUT2D eigenvalue weighted by Gasteiger charge is -2.28. The van der Waals surface area contributed by atoms with Crippen LogP contribution in [0.3, 0.4) is 0 Å². The molecule has 0 radical (unpaired) electrons. The van der Waals surface area contributed by atoms with Crippen LogP contribution in [0.5, 0.6) is 0 Å². The Morgan fingerprint density at radius 2 is 1.41 bits per heavy atom. The minimum atomic E-state index is -1.74. The molecule has 0 aliphatic heterocycles. The van der Waals surface area contributed by atoms with Crippen molar-refractivity contribution in [3.05, 3.63) is 0 Å². The quantitative estimate of drug-likeness (QED) is 0.541. The van der Waals surface area contributed by atoms with Gasteiger partial charge in [-0.25, -0.2) is 9.59 Å². The van der Waals surface area contributed by atoms with E-state index in [-0.39, 0.29) is 19.6 Å². The molecule has 0 aromatic heterocycles. The second-order valence-corrected chi connectivity index (χ2v) is 3.38. The van der Waals surface area contributed by atoms with Crippen LogP contribution >= 0.6 is 0 Å². The summed E-state index contributed by atoms with van der Waals surface area (Å²) in [7, 11) is 0. The zero-order valence-electron chi connectivity index (χ0n) is 10.7. The Morgan fingerprint density at radius 3 is 1.65 bits per heavy atom. The molecule has 0 atom stereocenters. The van der Waals surface area contributed by atoms with Gasteiger partial charge in [-0.05, 0) is 20.3 Å². The average Bonchev–Trinajstić information content (AvgIpc) is 2.26. The number of ether oxygens (including phenoxy) is 2. The molecular weight excluding hydrogens is 226 g/mol. The zero-order valence-corrected chi connectivity index (χ0v) is 10.7. The van der Waals surface area contributed by atoms with Gasteiger partial charge in [0, 0.05) is 6.92 Å². The minimum absolute atomic E-state index is 0.0737. The van der Waals surface area contributed by atoms with Crippen LogP contribution in [-0.2, 0) is 23.9 Å². The van der Waals surface area contributed by atoms with E-state index in [4.69, 9.17) is 9.47 Å². The second-order valence-electron chi connectivity index (χ2n) is 3.38. The van der Waals surface area contributed by atoms with E-state index in [1.165, 1.54) is 6.92 Å². The van der Waals surface area contributed by atoms with Gasteiger partial charge in [-0.1, -0.05) is 6.92 Å². The summed E-state index contributed by atoms with van der Waals surface area (Å²) in [5.74, 6) is -2.08. The topological polar surface area (TPSA) is 81.7 Å². The van der Waals surface area contributed by atoms with E-state index in [2.05, 4.69) is 5.32 Å². The maximum absolute atomic E-state index is 11.8. The van der Waals surface area contributed by atoms with E-state index in [0.29, 0.717) is 0 Å². The molecule has 0 aromatic rings. The Hall–Kier alpha value is -1.59. The maximum atomic E-state index is 11.8. The number of amides is 1. The number of hydrogen-bond acceptors (Lipinski definition) is 5. The third-order valence-corrected chi connectivity index (χ3v) is 2.17. The van der Waals surface area contributed by atoms with Gasteiger partial charge in [-0.3, -0.25) is 4.79 Å². The summed E-state index contributed by atoms with van der Waals surface area (Å²) >= 11 is 0. The highest BCUT2D eigenvalue weighted by molar-refractivity contribution is 6.07. The highest BCUT2D eigenvalue weighted by atomic mass is 16.6. The van der Waals surface area contributed by atoms with E-state index >= 15 is 0 Å². The zero-order chi connectivity index (χ0) is 13.5. The van der Waals surface area contributed by atoms with Crippen LogP contribution in [0, 0.1) is 0 Å². The number of carbonyl (C=O) groups is 3. The molecule has 6 nitrogen and oxygen atoms in total. The molecule has 0 bridgehead atoms. The van der Waals surface area contributed by atoms with E-state index in [1.807, 2.05) is 0 Å². The summed E-state index contributed by atoms with van der Waals surface area (Å²) in [5.41, 5.74) is -1.74. The molecule has 0 aromatic carbocycles. The van der Waals surface area contributed by atoms with Gasteiger partial charge < -0.3 is 14.8 Å². The lowest BCUT2D eigenvalue weighted by molar-refractivity contribution is -0.168. The van der Waals surface area contributed by atoms with Crippen molar-refractivity contribution in [2.24, 2.45) is 0 Å². The Kier molecular flexibility index (Phi) is 6.23. The first-order valence-corrected chi connectivity index (χ1v) is 5.57. The summed E-state index contributed by atoms with van der Waals surface area (Å²) in [4.78, 5) is 34.7. The molecule has 17 heavy (non-hydrogen) atoms. The fourth-order valence-corrected chi connectivity index (χ4v) is 1.37. The minimum Gasteiger partial charge on any atom is -0.464 e. The maximum Gasteiger partial charge on any atom is 0.343 e. The standard InChI is InChI=1S/C11H19NO5/c1-5-11(12-8(4)13,9(14)16-6-2)10(15)17-7-3/h5-7H2,1-4H3,(H,12,13). The van der Waals surface area contributed by atoms with E-state index in [1.54, 1.807) is 20.8 Å². The third kappa shape index (κ3) is 3.72. The molecule has 0 aliphatic carbocycles. The van der Waals surface area contributed by atoms with E-state index in [0.717, 1.165) is 0 Å². The predicted molar refractivity (Wildman–Crippen MR) is 60.1 cm³/mol. The van der Waals surface area contributed by atoms with Crippen LogP contribution in [-0.4, -0.2) is 36.6 Å². The van der Waals surface area contributed by atoms with Gasteiger partial charge in [0.05, 0.1) is 13.2 Å². The largest absolute Gasteiger partial charge is 0.464 e. The van der Waals surface area contributed by atoms with Gasteiger partial charge >= 0.3 is 11.9 Å². The fraction of sp³-hybridized carbons (Fsp3) is 0.727. The smallest absolute Gasteiger partial charge is 0.343 e. The number of hydrogen-bond donors (Lipinski definition) is 1. The van der Waals surface area contributed by atoms with Crippen molar-refractivity contribution in [2.45, 2.75) is 39.7 Å². The predicted octanol–water partition coefficient (Wildman–Crippen LogP) is 0.397. The van der Waals surface area contributed by atoms with Crippen molar-refractivity contribution in [1.82, 2.24) is 5.32 Å². The molecule has 1 N–H and O–H groups in total. The lowest BCUT2D eigenvalue weighted by Crippen LogP contribution is -2.60. The molecule has 98 valence electrons. The van der Waals surface area contributed by atoms with Crippen molar-refractivity contribution in [2.75, 3.05) is 13.2 Å². The highest BCUT2D eigenvalue weighted by Crippen LogP contribution is 2.15. The third-order valence-electron chi connectivity index (χ3n) is 2.17. The van der Waals surface area contributed by atoms with Gasteiger partial charge in [0.25, 0.3) is 0 Å². The Bertz CT molecular complexity index is 282. The SMILES string of the molecule is CCOC(=O)C(CC)(NC(C)=O)C(=O)OCC. The average molecular weight is 245 g/mol. The molecule has 0 aliphatic rings. The summed E-state index contributed by atoms with van der Waals surface area (Å²) in [6.45, 7) is 6.32. The molecule has 0 heterocycles. The number of nitrogens with one attached hydrogen (secondary N) is 1. The number of esters is 2. The Morgan fingerprint density at radius 1 is 1.00 bits per heavy atom. The van der Waals surface area contributed by atoms with Crippen LogP contribution in [0.15, 0.2) is 0 Å². The first kappa shape index (κ1) is 15.4. The van der Waals surface area contributed by atoms with Gasteiger partial charge in [-0.15, -0.1) is 0 Å². The van der Waals surface area contributed by atoms with Crippen LogP contribution in [0.1, 0.15) is 34.1 Å². The van der Waals surface area contributed by atoms with Gasteiger partial charge in [0.1, 0.15) is 0 Å². The first-order valence-electron chi connectivity index (χ1n) is 5.57. The van der Waals surface area contributed by atoms with Crippen LogP contribution in [0.2, 0.25) is 0 Å². The van der Waals surface area contributed by atoms with Crippen LogP contribution in [0.4, 0.5) is 0 Å². The van der Waals surface area contributed by atoms with E-state index < -0.39 is 23.4 Å². The van der Waals surface area contributed by atoms with Crippen molar-refractivity contribution in [3.8, 4) is 0 Å². The number of rotatable bonds is 6. The summed E-state index contributed by atoms with van der Waals surface area (Å²) < 4.78 is 9.62. The molecule has 1 amide bonds. The molecule has 0 rings (SSSR count). The van der Waals surface area contributed by atoms with Crippen molar-refractivity contribution >= 4 is 17.8 Å².